The number of guanidine groups is 1. The summed E-state index contributed by atoms with van der Waals surface area (Å²) in [5, 5.41) is 17.2. The monoisotopic (exact) mass is 556 g/mol. The van der Waals surface area contributed by atoms with Crippen molar-refractivity contribution in [2.45, 2.75) is 26.4 Å². The molecule has 10 heteroatoms. The molecule has 1 aromatic carbocycles. The number of hydrogen-bond donors (Lipinski definition) is 2. The number of halogens is 1. The molecule has 168 valence electrons. The van der Waals surface area contributed by atoms with Crippen LogP contribution < -0.4 is 20.1 Å². The van der Waals surface area contributed by atoms with E-state index in [-0.39, 0.29) is 24.0 Å². The van der Waals surface area contributed by atoms with Gasteiger partial charge < -0.3 is 24.7 Å². The predicted octanol–water partition coefficient (Wildman–Crippen LogP) is 3.30. The van der Waals surface area contributed by atoms with Gasteiger partial charge in [-0.1, -0.05) is 12.1 Å². The zero-order valence-electron chi connectivity index (χ0n) is 18.2. The SMILES string of the molecule is COc1ccc(CN=C(NCCc2cccs2)NCc2nnc(C)n2C)cc1OC.I. The third kappa shape index (κ3) is 7.10. The summed E-state index contributed by atoms with van der Waals surface area (Å²) in [5.74, 6) is 3.85. The Morgan fingerprint density at radius 1 is 1.13 bits per heavy atom. The molecule has 0 fully saturated rings. The Bertz CT molecular complexity index is 974. The van der Waals surface area contributed by atoms with Gasteiger partial charge in [-0.05, 0) is 42.5 Å². The van der Waals surface area contributed by atoms with E-state index in [0.717, 1.165) is 36.1 Å². The van der Waals surface area contributed by atoms with Gasteiger partial charge in [0.1, 0.15) is 5.82 Å². The Hall–Kier alpha value is -2.34. The number of aliphatic imine (C=N–C) groups is 1. The first-order chi connectivity index (χ1) is 14.6. The molecule has 0 aliphatic rings. The van der Waals surface area contributed by atoms with Crippen LogP contribution in [0.5, 0.6) is 11.5 Å². The van der Waals surface area contributed by atoms with E-state index < -0.39 is 0 Å². The van der Waals surface area contributed by atoms with Gasteiger partial charge in [0.05, 0.1) is 27.3 Å². The van der Waals surface area contributed by atoms with Crippen molar-refractivity contribution in [1.82, 2.24) is 25.4 Å². The van der Waals surface area contributed by atoms with Crippen LogP contribution in [0.3, 0.4) is 0 Å². The Kier molecular flexibility index (Phi) is 10.0. The third-order valence-electron chi connectivity index (χ3n) is 4.71. The van der Waals surface area contributed by atoms with Crippen molar-refractivity contribution in [3.05, 3.63) is 57.8 Å². The minimum Gasteiger partial charge on any atom is -0.493 e. The first-order valence-corrected chi connectivity index (χ1v) is 10.6. The molecular formula is C21H29IN6O2S. The molecule has 2 aromatic heterocycles. The number of aromatic nitrogens is 3. The summed E-state index contributed by atoms with van der Waals surface area (Å²) in [6.45, 7) is 3.76. The van der Waals surface area contributed by atoms with Gasteiger partial charge in [-0.25, -0.2) is 4.99 Å². The van der Waals surface area contributed by atoms with Crippen LogP contribution in [0.2, 0.25) is 0 Å². The minimum atomic E-state index is 0. The van der Waals surface area contributed by atoms with Crippen LogP contribution in [0, 0.1) is 6.92 Å². The number of nitrogens with one attached hydrogen (secondary N) is 2. The number of ether oxygens (including phenoxy) is 2. The van der Waals surface area contributed by atoms with Gasteiger partial charge in [0.25, 0.3) is 0 Å². The molecule has 3 aromatic rings. The van der Waals surface area contributed by atoms with Gasteiger partial charge in [0.2, 0.25) is 0 Å². The highest BCUT2D eigenvalue weighted by Crippen LogP contribution is 2.27. The molecule has 0 saturated carbocycles. The van der Waals surface area contributed by atoms with Crippen molar-refractivity contribution in [2.75, 3.05) is 20.8 Å². The molecule has 0 aliphatic heterocycles. The zero-order chi connectivity index (χ0) is 21.3. The molecule has 0 radical (unpaired) electrons. The second-order valence-corrected chi connectivity index (χ2v) is 7.72. The average molecular weight is 556 g/mol. The number of benzene rings is 1. The smallest absolute Gasteiger partial charge is 0.191 e. The molecule has 0 bridgehead atoms. The second kappa shape index (κ2) is 12.5. The fourth-order valence-corrected chi connectivity index (χ4v) is 3.56. The van der Waals surface area contributed by atoms with Crippen molar-refractivity contribution >= 4 is 41.3 Å². The fraction of sp³-hybridized carbons (Fsp3) is 0.381. The highest BCUT2D eigenvalue weighted by molar-refractivity contribution is 14.0. The van der Waals surface area contributed by atoms with Crippen LogP contribution in [0.4, 0.5) is 0 Å². The summed E-state index contributed by atoms with van der Waals surface area (Å²) in [5.41, 5.74) is 1.03. The summed E-state index contributed by atoms with van der Waals surface area (Å²) >= 11 is 1.76. The molecule has 8 nitrogen and oxygen atoms in total. The number of hydrogen-bond acceptors (Lipinski definition) is 6. The largest absolute Gasteiger partial charge is 0.493 e. The molecule has 2 heterocycles. The van der Waals surface area contributed by atoms with Crippen molar-refractivity contribution in [2.24, 2.45) is 12.0 Å². The Morgan fingerprint density at radius 3 is 2.58 bits per heavy atom. The van der Waals surface area contributed by atoms with Crippen molar-refractivity contribution in [1.29, 1.82) is 0 Å². The molecular weight excluding hydrogens is 527 g/mol. The van der Waals surface area contributed by atoms with Crippen LogP contribution in [-0.2, 0) is 26.6 Å². The quantitative estimate of drug-likeness (QED) is 0.239. The molecule has 31 heavy (non-hydrogen) atoms. The molecule has 0 unspecified atom stereocenters. The van der Waals surface area contributed by atoms with Gasteiger partial charge in [0.15, 0.2) is 23.3 Å². The maximum atomic E-state index is 5.39. The van der Waals surface area contributed by atoms with E-state index >= 15 is 0 Å². The van der Waals surface area contributed by atoms with Crippen LogP contribution in [-0.4, -0.2) is 41.5 Å². The van der Waals surface area contributed by atoms with Crippen LogP contribution >= 0.6 is 35.3 Å². The second-order valence-electron chi connectivity index (χ2n) is 6.69. The Morgan fingerprint density at radius 2 is 1.94 bits per heavy atom. The Balaban J connectivity index is 0.00000341. The highest BCUT2D eigenvalue weighted by Gasteiger charge is 2.08. The van der Waals surface area contributed by atoms with Gasteiger partial charge >= 0.3 is 0 Å². The molecule has 3 rings (SSSR count). The van der Waals surface area contributed by atoms with Crippen LogP contribution in [0.25, 0.3) is 0 Å². The predicted molar refractivity (Wildman–Crippen MR) is 135 cm³/mol. The van der Waals surface area contributed by atoms with E-state index in [1.54, 1.807) is 25.6 Å². The summed E-state index contributed by atoms with van der Waals surface area (Å²) in [6.07, 6.45) is 0.942. The van der Waals surface area contributed by atoms with Crippen molar-refractivity contribution in [3.8, 4) is 11.5 Å². The van der Waals surface area contributed by atoms with E-state index in [1.807, 2.05) is 36.7 Å². The van der Waals surface area contributed by atoms with Gasteiger partial charge in [-0.15, -0.1) is 45.5 Å². The van der Waals surface area contributed by atoms with Crippen molar-refractivity contribution in [3.63, 3.8) is 0 Å². The molecule has 0 aliphatic carbocycles. The van der Waals surface area contributed by atoms with Gasteiger partial charge in [0, 0.05) is 18.5 Å². The lowest BCUT2D eigenvalue weighted by Gasteiger charge is -2.13. The first kappa shape index (κ1) is 24.9. The maximum Gasteiger partial charge on any atom is 0.191 e. The van der Waals surface area contributed by atoms with Crippen LogP contribution in [0.1, 0.15) is 22.1 Å². The van der Waals surface area contributed by atoms with E-state index in [4.69, 9.17) is 14.5 Å². The number of rotatable bonds is 9. The van der Waals surface area contributed by atoms with E-state index in [1.165, 1.54) is 4.88 Å². The van der Waals surface area contributed by atoms with E-state index in [0.29, 0.717) is 24.6 Å². The summed E-state index contributed by atoms with van der Waals surface area (Å²) in [4.78, 5) is 6.08. The zero-order valence-corrected chi connectivity index (χ0v) is 21.4. The highest BCUT2D eigenvalue weighted by atomic mass is 127. The third-order valence-corrected chi connectivity index (χ3v) is 5.64. The molecule has 2 N–H and O–H groups in total. The first-order valence-electron chi connectivity index (χ1n) is 9.71. The Labute approximate surface area is 204 Å². The topological polar surface area (TPSA) is 85.6 Å². The lowest BCUT2D eigenvalue weighted by Crippen LogP contribution is -2.38. The number of nitrogens with zero attached hydrogens (tertiary/aromatic N) is 4. The molecule has 0 saturated heterocycles. The minimum absolute atomic E-state index is 0. The standard InChI is InChI=1S/C21H28N6O2S.HI/c1-15-25-26-20(27(15)2)14-24-21(22-10-9-17-6-5-11-30-17)23-13-16-7-8-18(28-3)19(12-16)29-4;/h5-8,11-12H,9-10,13-14H2,1-4H3,(H2,22,23,24);1H. The molecule has 0 spiro atoms. The van der Waals surface area contributed by atoms with E-state index in [9.17, 15) is 0 Å². The molecule has 0 amide bonds. The van der Waals surface area contributed by atoms with Crippen molar-refractivity contribution < 1.29 is 9.47 Å². The summed E-state index contributed by atoms with van der Waals surface area (Å²) < 4.78 is 12.7. The fourth-order valence-electron chi connectivity index (χ4n) is 2.85. The normalized spacial score (nSPS) is 11.0. The number of methoxy groups -OCH3 is 2. The number of thiophene rings is 1. The lowest BCUT2D eigenvalue weighted by molar-refractivity contribution is 0.354. The number of aryl methyl sites for hydroxylation is 1. The van der Waals surface area contributed by atoms with Gasteiger partial charge in [-0.3, -0.25) is 0 Å². The average Bonchev–Trinajstić information content (AvgIpc) is 3.40. The summed E-state index contributed by atoms with van der Waals surface area (Å²) in [7, 11) is 5.22. The maximum absolute atomic E-state index is 5.39. The lowest BCUT2D eigenvalue weighted by atomic mass is 10.2. The van der Waals surface area contributed by atoms with Gasteiger partial charge in [-0.2, -0.15) is 0 Å². The van der Waals surface area contributed by atoms with E-state index in [2.05, 4.69) is 38.3 Å². The molecule has 0 atom stereocenters. The summed E-state index contributed by atoms with van der Waals surface area (Å²) in [6, 6.07) is 10.0. The van der Waals surface area contributed by atoms with Crippen LogP contribution in [0.15, 0.2) is 40.7 Å².